The lowest BCUT2D eigenvalue weighted by Crippen LogP contribution is -2.43. The van der Waals surface area contributed by atoms with Gasteiger partial charge in [0.05, 0.1) is 97.8 Å². The van der Waals surface area contributed by atoms with Gasteiger partial charge in [0.1, 0.15) is 23.7 Å². The zero-order chi connectivity index (χ0) is 49.3. The van der Waals surface area contributed by atoms with E-state index in [1.54, 1.807) is 60.1 Å². The molecule has 1 aliphatic rings. The van der Waals surface area contributed by atoms with E-state index in [1.807, 2.05) is 59.7 Å². The number of benzene rings is 3. The number of aromatic nitrogens is 2. The van der Waals surface area contributed by atoms with Crippen molar-refractivity contribution in [2.45, 2.75) is 59.3 Å². The summed E-state index contributed by atoms with van der Waals surface area (Å²) in [6, 6.07) is 16.1. The largest absolute Gasteiger partial charge is 0.496 e. The smallest absolute Gasteiger partial charge is 0.407 e. The number of halogens is 2. The summed E-state index contributed by atoms with van der Waals surface area (Å²) < 4.78 is 52.1. The van der Waals surface area contributed by atoms with Crippen LogP contribution in [0.2, 0.25) is 10.0 Å². The molecule has 4 aromatic rings. The van der Waals surface area contributed by atoms with Crippen LogP contribution >= 0.6 is 23.2 Å². The summed E-state index contributed by atoms with van der Waals surface area (Å²) in [7, 11) is 3.32. The second-order valence-electron chi connectivity index (χ2n) is 17.5. The van der Waals surface area contributed by atoms with Crippen LogP contribution in [-0.2, 0) is 39.8 Å². The van der Waals surface area contributed by atoms with Gasteiger partial charge in [-0.3, -0.25) is 9.59 Å². The number of ether oxygens (including phenoxy) is 9. The molecule has 19 heteroatoms. The molecule has 0 bridgehead atoms. The Morgan fingerprint density at radius 2 is 1.26 bits per heavy atom. The highest BCUT2D eigenvalue weighted by Gasteiger charge is 2.35. The Balaban J connectivity index is 1.02. The van der Waals surface area contributed by atoms with Gasteiger partial charge in [-0.2, -0.15) is 5.10 Å². The quantitative estimate of drug-likeness (QED) is 0.0587. The van der Waals surface area contributed by atoms with Crippen molar-refractivity contribution in [2.75, 3.05) is 107 Å². The Kier molecular flexibility index (Phi) is 20.7. The van der Waals surface area contributed by atoms with Gasteiger partial charge in [-0.15, -0.1) is 0 Å². The maximum absolute atomic E-state index is 14.0. The molecule has 5 rings (SSSR count). The Labute approximate surface area is 408 Å². The van der Waals surface area contributed by atoms with Gasteiger partial charge in [-0.1, -0.05) is 35.3 Å². The number of carbonyl (C=O) groups is 3. The fraction of sp³-hybridized carbons (Fsp3) is 0.510. The Morgan fingerprint density at radius 3 is 1.79 bits per heavy atom. The van der Waals surface area contributed by atoms with E-state index in [2.05, 4.69) is 10.6 Å². The molecule has 3 aromatic carbocycles. The molecule has 1 aliphatic heterocycles. The summed E-state index contributed by atoms with van der Waals surface area (Å²) in [5, 5.41) is 11.2. The molecule has 2 N–H and O–H groups in total. The first-order valence-electron chi connectivity index (χ1n) is 22.5. The van der Waals surface area contributed by atoms with Crippen LogP contribution in [0.15, 0.2) is 54.6 Å². The Bertz CT molecular complexity index is 2270. The maximum atomic E-state index is 14.0. The van der Waals surface area contributed by atoms with Gasteiger partial charge in [0.25, 0.3) is 11.8 Å². The molecule has 0 unspecified atom stereocenters. The predicted octanol–water partition coefficient (Wildman–Crippen LogP) is 7.64. The number of fused-ring (bicyclic) bond motifs is 3. The molecule has 0 atom stereocenters. The number of alkyl carbamates (subject to hydrolysis) is 1. The number of nitrogens with one attached hydrogen (secondary N) is 2. The number of rotatable bonds is 26. The molecule has 0 fully saturated rings. The van der Waals surface area contributed by atoms with Crippen molar-refractivity contribution in [3.63, 3.8) is 0 Å². The maximum Gasteiger partial charge on any atom is 0.407 e. The summed E-state index contributed by atoms with van der Waals surface area (Å²) in [4.78, 5) is 40.5. The molecule has 3 amide bonds. The summed E-state index contributed by atoms with van der Waals surface area (Å²) in [6.07, 6.45) is -0.469. The second-order valence-corrected chi connectivity index (χ2v) is 18.4. The van der Waals surface area contributed by atoms with Gasteiger partial charge < -0.3 is 58.2 Å². The van der Waals surface area contributed by atoms with Gasteiger partial charge in [0.2, 0.25) is 0 Å². The van der Waals surface area contributed by atoms with Gasteiger partial charge in [0, 0.05) is 64.0 Å². The van der Waals surface area contributed by atoms with Crippen molar-refractivity contribution in [3.8, 4) is 39.6 Å². The van der Waals surface area contributed by atoms with E-state index in [0.717, 1.165) is 5.56 Å². The molecular weight excluding hydrogens is 921 g/mol. The molecule has 68 heavy (non-hydrogen) atoms. The summed E-state index contributed by atoms with van der Waals surface area (Å²) in [5.74, 6) is 0.538. The molecule has 0 saturated heterocycles. The van der Waals surface area contributed by atoms with Crippen LogP contribution in [0, 0.1) is 0 Å². The third-order valence-electron chi connectivity index (χ3n) is 10.3. The zero-order valence-electron chi connectivity index (χ0n) is 40.3. The predicted molar refractivity (Wildman–Crippen MR) is 259 cm³/mol. The molecule has 17 nitrogen and oxygen atoms in total. The first-order valence-corrected chi connectivity index (χ1v) is 23.3. The van der Waals surface area contributed by atoms with Crippen LogP contribution in [-0.4, -0.2) is 150 Å². The van der Waals surface area contributed by atoms with Gasteiger partial charge >= 0.3 is 6.09 Å². The van der Waals surface area contributed by atoms with Crippen LogP contribution in [0.25, 0.3) is 28.1 Å². The van der Waals surface area contributed by atoms with Gasteiger partial charge in [0.15, 0.2) is 5.69 Å². The average Bonchev–Trinajstić information content (AvgIpc) is 3.69. The lowest BCUT2D eigenvalue weighted by molar-refractivity contribution is -0.0164. The van der Waals surface area contributed by atoms with Crippen molar-refractivity contribution in [1.29, 1.82) is 0 Å². The van der Waals surface area contributed by atoms with Crippen LogP contribution in [0.5, 0.6) is 11.5 Å². The molecule has 372 valence electrons. The van der Waals surface area contributed by atoms with Crippen molar-refractivity contribution in [3.05, 3.63) is 81.5 Å². The number of hydrogen-bond donors (Lipinski definition) is 2. The van der Waals surface area contributed by atoms with E-state index >= 15 is 0 Å². The van der Waals surface area contributed by atoms with Crippen molar-refractivity contribution in [1.82, 2.24) is 25.3 Å². The number of methoxy groups -OCH3 is 1. The summed E-state index contributed by atoms with van der Waals surface area (Å²) in [5.41, 5.74) is 3.61. The highest BCUT2D eigenvalue weighted by molar-refractivity contribution is 6.34. The van der Waals surface area contributed by atoms with E-state index in [4.69, 9.17) is 70.9 Å². The SMILES string of the molecule is COc1cc2c(cc1-c1cccc(C(=O)NCCOCCOCCOCCOCCOCCOCCNC(=O)OC(C)(C)C)c1)-c1c(c(C(=O)N(C)C(C)(C)C)nn1-c1cc(Cl)cc(Cl)c1)CO2. The highest BCUT2D eigenvalue weighted by atomic mass is 35.5. The molecule has 2 heterocycles. The van der Waals surface area contributed by atoms with Crippen LogP contribution < -0.4 is 20.1 Å². The lowest BCUT2D eigenvalue weighted by Gasteiger charge is -2.31. The van der Waals surface area contributed by atoms with Gasteiger partial charge in [-0.25, -0.2) is 9.48 Å². The monoisotopic (exact) mass is 985 g/mol. The minimum absolute atomic E-state index is 0.0930. The Hall–Kier alpha value is -4.98. The van der Waals surface area contributed by atoms with E-state index in [0.29, 0.717) is 148 Å². The molecule has 0 radical (unpaired) electrons. The summed E-state index contributed by atoms with van der Waals surface area (Å²) >= 11 is 12.9. The van der Waals surface area contributed by atoms with Crippen LogP contribution in [0.3, 0.4) is 0 Å². The molecule has 0 aliphatic carbocycles. The number of nitrogens with zero attached hydrogens (tertiary/aromatic N) is 3. The second kappa shape index (κ2) is 26.1. The number of amides is 3. The third-order valence-corrected chi connectivity index (χ3v) is 10.7. The molecule has 1 aromatic heterocycles. The highest BCUT2D eigenvalue weighted by Crippen LogP contribution is 2.46. The van der Waals surface area contributed by atoms with Crippen molar-refractivity contribution >= 4 is 41.1 Å². The lowest BCUT2D eigenvalue weighted by atomic mass is 9.95. The first kappa shape index (κ1) is 54.0. The Morgan fingerprint density at radius 1 is 0.721 bits per heavy atom. The van der Waals surface area contributed by atoms with E-state index < -0.39 is 17.2 Å². The summed E-state index contributed by atoms with van der Waals surface area (Å²) in [6.45, 7) is 16.8. The third kappa shape index (κ3) is 16.3. The molecule has 0 saturated carbocycles. The van der Waals surface area contributed by atoms with E-state index in [1.165, 1.54) is 0 Å². The fourth-order valence-corrected chi connectivity index (χ4v) is 7.18. The molecular formula is C49H65Cl2N5O12. The molecule has 0 spiro atoms. The minimum Gasteiger partial charge on any atom is -0.496 e. The van der Waals surface area contributed by atoms with Crippen molar-refractivity contribution in [2.24, 2.45) is 0 Å². The minimum atomic E-state index is -0.534. The van der Waals surface area contributed by atoms with Crippen LogP contribution in [0.4, 0.5) is 4.79 Å². The van der Waals surface area contributed by atoms with Crippen LogP contribution in [0.1, 0.15) is 68.0 Å². The first-order chi connectivity index (χ1) is 32.5. The van der Waals surface area contributed by atoms with Crippen molar-refractivity contribution < 1.29 is 57.0 Å². The zero-order valence-corrected chi connectivity index (χ0v) is 41.8. The fourth-order valence-electron chi connectivity index (χ4n) is 6.67. The topological polar surface area (TPSA) is 179 Å². The van der Waals surface area contributed by atoms with E-state index in [9.17, 15) is 14.4 Å². The standard InChI is InChI=1S/C49H65Cl2N5O12/c1-48(2,3)55(7)46(58)43-40-32-67-42-31-41(60-8)38(30-39(42)44(40)56(54-43)37-28-35(50)27-36(51)29-37)33-10-9-11-34(26-33)45(57)52-12-14-61-16-18-63-20-22-65-24-25-66-23-21-64-19-17-62-15-13-53-47(59)68-49(4,5)6/h9-11,26-31H,12-25,32H2,1-8H3,(H,52,57)(H,53,59). The van der Waals surface area contributed by atoms with E-state index in [-0.39, 0.29) is 24.1 Å². The average molecular weight is 987 g/mol. The number of carbonyl (C=O) groups excluding carboxylic acids is 3. The normalized spacial score (nSPS) is 12.2. The number of hydrogen-bond acceptors (Lipinski definition) is 13. The van der Waals surface area contributed by atoms with Gasteiger partial charge in [-0.05, 0) is 83.5 Å².